The maximum atomic E-state index is 13.1. The molecule has 3 aromatic rings. The summed E-state index contributed by atoms with van der Waals surface area (Å²) in [5, 5.41) is 0. The van der Waals surface area contributed by atoms with Gasteiger partial charge in [0.25, 0.3) is 5.56 Å². The van der Waals surface area contributed by atoms with E-state index in [-0.39, 0.29) is 17.1 Å². The van der Waals surface area contributed by atoms with Crippen LogP contribution in [0.5, 0.6) is 0 Å². The number of anilines is 1. The standard InChI is InChI=1S/C25H29N5O2/c1-25(2)15-29(13-22(32-14-18-8-9-18)19-6-4-3-5-7-19)24-28-21(12-23(31)30(24)16-25)20-10-11-26-17-27-20/h3-7,10-12,17-18,22H,8-9,13-16H2,1-2H3. The Morgan fingerprint density at radius 2 is 1.94 bits per heavy atom. The van der Waals surface area contributed by atoms with Crippen LogP contribution in [-0.2, 0) is 11.3 Å². The second-order valence-corrected chi connectivity index (χ2v) is 9.68. The van der Waals surface area contributed by atoms with Crippen molar-refractivity contribution >= 4 is 5.95 Å². The van der Waals surface area contributed by atoms with Crippen LogP contribution in [-0.4, -0.2) is 39.2 Å². The van der Waals surface area contributed by atoms with E-state index in [1.165, 1.54) is 19.2 Å². The van der Waals surface area contributed by atoms with Gasteiger partial charge in [0.1, 0.15) is 12.4 Å². The smallest absolute Gasteiger partial charge is 0.255 e. The highest BCUT2D eigenvalue weighted by atomic mass is 16.5. The van der Waals surface area contributed by atoms with Crippen molar-refractivity contribution in [1.29, 1.82) is 0 Å². The highest BCUT2D eigenvalue weighted by Gasteiger charge is 2.34. The van der Waals surface area contributed by atoms with Gasteiger partial charge in [-0.2, -0.15) is 0 Å². The number of benzene rings is 1. The lowest BCUT2D eigenvalue weighted by Crippen LogP contribution is -2.49. The second kappa shape index (κ2) is 8.47. The molecule has 0 saturated heterocycles. The van der Waals surface area contributed by atoms with Crippen molar-refractivity contribution in [2.75, 3.05) is 24.6 Å². The van der Waals surface area contributed by atoms with E-state index in [9.17, 15) is 4.79 Å². The molecule has 3 heterocycles. The summed E-state index contributed by atoms with van der Waals surface area (Å²) < 4.78 is 8.19. The molecule has 0 radical (unpaired) electrons. The zero-order valence-electron chi connectivity index (χ0n) is 18.6. The fraction of sp³-hybridized carbons (Fsp3) is 0.440. The van der Waals surface area contributed by atoms with Gasteiger partial charge in [0.2, 0.25) is 5.95 Å². The molecule has 7 heteroatoms. The molecule has 166 valence electrons. The van der Waals surface area contributed by atoms with Gasteiger partial charge in [-0.25, -0.2) is 15.0 Å². The molecule has 1 aromatic carbocycles. The number of fused-ring (bicyclic) bond motifs is 1. The third-order valence-electron chi connectivity index (χ3n) is 6.11. The van der Waals surface area contributed by atoms with Crippen molar-refractivity contribution < 1.29 is 4.74 Å². The summed E-state index contributed by atoms with van der Waals surface area (Å²) in [5.74, 6) is 1.36. The highest BCUT2D eigenvalue weighted by molar-refractivity contribution is 5.55. The molecule has 0 amide bonds. The quantitative estimate of drug-likeness (QED) is 0.568. The fourth-order valence-electron chi connectivity index (χ4n) is 4.33. The van der Waals surface area contributed by atoms with Gasteiger partial charge in [-0.15, -0.1) is 0 Å². The van der Waals surface area contributed by atoms with E-state index < -0.39 is 0 Å². The number of nitrogens with zero attached hydrogens (tertiary/aromatic N) is 5. The van der Waals surface area contributed by atoms with Gasteiger partial charge in [0.05, 0.1) is 24.5 Å². The monoisotopic (exact) mass is 431 g/mol. The molecule has 7 nitrogen and oxygen atoms in total. The first-order chi connectivity index (χ1) is 15.5. The summed E-state index contributed by atoms with van der Waals surface area (Å²) >= 11 is 0. The third-order valence-corrected chi connectivity index (χ3v) is 6.11. The highest BCUT2D eigenvalue weighted by Crippen LogP contribution is 2.34. The number of ether oxygens (including phenoxy) is 1. The predicted molar refractivity (Wildman–Crippen MR) is 123 cm³/mol. The number of rotatable bonds is 7. The van der Waals surface area contributed by atoms with Crippen LogP contribution in [0.3, 0.4) is 0 Å². The summed E-state index contributed by atoms with van der Waals surface area (Å²) in [7, 11) is 0. The lowest BCUT2D eigenvalue weighted by Gasteiger charge is -2.41. The van der Waals surface area contributed by atoms with Crippen LogP contribution in [0.1, 0.15) is 38.4 Å². The Labute approximate surface area is 188 Å². The number of hydrogen-bond acceptors (Lipinski definition) is 6. The lowest BCUT2D eigenvalue weighted by atomic mass is 9.90. The summed E-state index contributed by atoms with van der Waals surface area (Å²) in [6.45, 7) is 7.22. The summed E-state index contributed by atoms with van der Waals surface area (Å²) in [5.41, 5.74) is 2.25. The van der Waals surface area contributed by atoms with Crippen molar-refractivity contribution in [3.05, 3.63) is 70.9 Å². The van der Waals surface area contributed by atoms with E-state index >= 15 is 0 Å². The molecule has 0 spiro atoms. The normalized spacial score (nSPS) is 18.2. The van der Waals surface area contributed by atoms with E-state index in [0.717, 1.165) is 18.7 Å². The molecular weight excluding hydrogens is 402 g/mol. The Morgan fingerprint density at radius 3 is 2.66 bits per heavy atom. The molecule has 0 bridgehead atoms. The first-order valence-corrected chi connectivity index (χ1v) is 11.3. The predicted octanol–water partition coefficient (Wildman–Crippen LogP) is 3.71. The van der Waals surface area contributed by atoms with Crippen molar-refractivity contribution in [1.82, 2.24) is 19.5 Å². The van der Waals surface area contributed by atoms with Gasteiger partial charge in [-0.05, 0) is 30.4 Å². The summed E-state index contributed by atoms with van der Waals surface area (Å²) in [6, 6.07) is 13.7. The SMILES string of the molecule is CC1(C)CN(CC(OCC2CC2)c2ccccc2)c2nc(-c3ccncn3)cc(=O)n2C1. The van der Waals surface area contributed by atoms with Crippen molar-refractivity contribution in [3.63, 3.8) is 0 Å². The van der Waals surface area contributed by atoms with Crippen LogP contribution in [0.2, 0.25) is 0 Å². The number of hydrogen-bond donors (Lipinski definition) is 0. The molecule has 1 unspecified atom stereocenters. The Bertz CT molecular complexity index is 1130. The number of aromatic nitrogens is 4. The Kier molecular flexibility index (Phi) is 5.51. The Balaban J connectivity index is 1.51. The van der Waals surface area contributed by atoms with Gasteiger partial charge < -0.3 is 9.64 Å². The van der Waals surface area contributed by atoms with E-state index in [2.05, 4.69) is 40.8 Å². The van der Waals surface area contributed by atoms with Gasteiger partial charge in [-0.3, -0.25) is 9.36 Å². The van der Waals surface area contributed by atoms with E-state index in [0.29, 0.717) is 36.3 Å². The molecule has 1 aliphatic heterocycles. The first-order valence-electron chi connectivity index (χ1n) is 11.3. The maximum Gasteiger partial charge on any atom is 0.255 e. The van der Waals surface area contributed by atoms with Crippen LogP contribution >= 0.6 is 0 Å². The van der Waals surface area contributed by atoms with E-state index in [1.807, 2.05) is 18.2 Å². The van der Waals surface area contributed by atoms with E-state index in [4.69, 9.17) is 9.72 Å². The Morgan fingerprint density at radius 1 is 1.12 bits per heavy atom. The molecule has 2 aromatic heterocycles. The van der Waals surface area contributed by atoms with Crippen molar-refractivity contribution in [3.8, 4) is 11.4 Å². The molecule has 1 fully saturated rings. The lowest BCUT2D eigenvalue weighted by molar-refractivity contribution is 0.0471. The minimum atomic E-state index is -0.0845. The maximum absolute atomic E-state index is 13.1. The second-order valence-electron chi connectivity index (χ2n) is 9.68. The van der Waals surface area contributed by atoms with Crippen LogP contribution in [0.25, 0.3) is 11.4 Å². The van der Waals surface area contributed by atoms with Crippen LogP contribution in [0, 0.1) is 11.3 Å². The summed E-state index contributed by atoms with van der Waals surface area (Å²) in [4.78, 5) is 28.5. The largest absolute Gasteiger partial charge is 0.371 e. The topological polar surface area (TPSA) is 73.1 Å². The molecular formula is C25H29N5O2. The Hall–Kier alpha value is -3.06. The summed E-state index contributed by atoms with van der Waals surface area (Å²) in [6.07, 6.45) is 5.56. The average Bonchev–Trinajstić information content (AvgIpc) is 3.62. The molecule has 2 aliphatic rings. The molecule has 1 atom stereocenters. The molecule has 5 rings (SSSR count). The van der Waals surface area contributed by atoms with Gasteiger partial charge in [0.15, 0.2) is 0 Å². The van der Waals surface area contributed by atoms with E-state index in [1.54, 1.807) is 22.9 Å². The molecule has 1 saturated carbocycles. The van der Waals surface area contributed by atoms with Crippen LogP contribution < -0.4 is 10.5 Å². The van der Waals surface area contributed by atoms with Gasteiger partial charge >= 0.3 is 0 Å². The molecule has 1 aliphatic carbocycles. The van der Waals surface area contributed by atoms with Crippen LogP contribution in [0.4, 0.5) is 5.95 Å². The minimum absolute atomic E-state index is 0.0588. The molecule has 32 heavy (non-hydrogen) atoms. The average molecular weight is 432 g/mol. The first kappa shape index (κ1) is 20.8. The molecule has 0 N–H and O–H groups in total. The fourth-order valence-corrected chi connectivity index (χ4v) is 4.33. The van der Waals surface area contributed by atoms with Gasteiger partial charge in [-0.1, -0.05) is 44.2 Å². The van der Waals surface area contributed by atoms with Crippen molar-refractivity contribution in [2.24, 2.45) is 11.3 Å². The zero-order valence-corrected chi connectivity index (χ0v) is 18.6. The van der Waals surface area contributed by atoms with Crippen LogP contribution in [0.15, 0.2) is 59.8 Å². The van der Waals surface area contributed by atoms with Gasteiger partial charge in [0, 0.05) is 30.8 Å². The zero-order chi connectivity index (χ0) is 22.1. The minimum Gasteiger partial charge on any atom is -0.371 e. The third kappa shape index (κ3) is 4.58. The van der Waals surface area contributed by atoms with Crippen molar-refractivity contribution in [2.45, 2.75) is 39.3 Å².